The van der Waals surface area contributed by atoms with Gasteiger partial charge in [0.1, 0.15) is 0 Å². The van der Waals surface area contributed by atoms with Crippen molar-refractivity contribution in [2.24, 2.45) is 5.10 Å². The lowest BCUT2D eigenvalue weighted by atomic mass is 10.1. The highest BCUT2D eigenvalue weighted by molar-refractivity contribution is 5.83. The smallest absolute Gasteiger partial charge is 0.236 e. The molecule has 0 unspecified atom stereocenters. The maximum Gasteiger partial charge on any atom is 0.236 e. The molecule has 0 radical (unpaired) electrons. The zero-order valence-corrected chi connectivity index (χ0v) is 8.89. The Morgan fingerprint density at radius 3 is 2.46 bits per heavy atom. The fraction of sp³-hybridized carbons (Fsp3) is 0.800. The Labute approximate surface area is 80.6 Å². The molecule has 13 heavy (non-hydrogen) atoms. The van der Waals surface area contributed by atoms with Crippen molar-refractivity contribution >= 4 is 11.6 Å². The lowest BCUT2D eigenvalue weighted by Crippen LogP contribution is -2.14. The molecular formula is C10H20N2O. The molecule has 0 saturated heterocycles. The number of rotatable bonds is 6. The Bertz CT molecular complexity index is 176. The van der Waals surface area contributed by atoms with E-state index >= 15 is 0 Å². The summed E-state index contributed by atoms with van der Waals surface area (Å²) in [4.78, 5) is 10.5. The van der Waals surface area contributed by atoms with Gasteiger partial charge in [0.2, 0.25) is 5.91 Å². The quantitative estimate of drug-likeness (QED) is 0.384. The van der Waals surface area contributed by atoms with Gasteiger partial charge in [0, 0.05) is 12.6 Å². The van der Waals surface area contributed by atoms with Crippen LogP contribution in [0, 0.1) is 0 Å². The maximum absolute atomic E-state index is 10.5. The third kappa shape index (κ3) is 9.05. The van der Waals surface area contributed by atoms with Crippen molar-refractivity contribution in [3.8, 4) is 0 Å². The molecule has 1 N–H and O–H groups in total. The summed E-state index contributed by atoms with van der Waals surface area (Å²) in [5, 5.41) is 3.94. The summed E-state index contributed by atoms with van der Waals surface area (Å²) in [6.07, 6.45) is 5.95. The molecule has 0 aromatic heterocycles. The monoisotopic (exact) mass is 184 g/mol. The van der Waals surface area contributed by atoms with Crippen LogP contribution in [-0.4, -0.2) is 11.6 Å². The summed E-state index contributed by atoms with van der Waals surface area (Å²) in [5.74, 6) is -0.104. The van der Waals surface area contributed by atoms with E-state index in [1.165, 1.54) is 32.6 Å². The molecule has 0 heterocycles. The van der Waals surface area contributed by atoms with Gasteiger partial charge in [0.05, 0.1) is 0 Å². The predicted molar refractivity (Wildman–Crippen MR) is 55.7 cm³/mol. The second-order valence-electron chi connectivity index (χ2n) is 3.33. The summed E-state index contributed by atoms with van der Waals surface area (Å²) >= 11 is 0. The van der Waals surface area contributed by atoms with Gasteiger partial charge in [-0.2, -0.15) is 5.10 Å². The summed E-state index contributed by atoms with van der Waals surface area (Å²) < 4.78 is 0. The average molecular weight is 184 g/mol. The van der Waals surface area contributed by atoms with Gasteiger partial charge >= 0.3 is 0 Å². The van der Waals surface area contributed by atoms with Crippen LogP contribution in [0.25, 0.3) is 0 Å². The summed E-state index contributed by atoms with van der Waals surface area (Å²) in [6, 6.07) is 0. The van der Waals surface area contributed by atoms with E-state index in [4.69, 9.17) is 0 Å². The molecule has 0 rings (SSSR count). The van der Waals surface area contributed by atoms with E-state index in [0.717, 1.165) is 12.1 Å². The fourth-order valence-corrected chi connectivity index (χ4v) is 1.04. The molecule has 0 spiro atoms. The number of hydrogen-bond donors (Lipinski definition) is 1. The summed E-state index contributed by atoms with van der Waals surface area (Å²) in [7, 11) is 0. The van der Waals surface area contributed by atoms with E-state index in [9.17, 15) is 4.79 Å². The van der Waals surface area contributed by atoms with Crippen molar-refractivity contribution in [2.75, 3.05) is 0 Å². The van der Waals surface area contributed by atoms with Crippen molar-refractivity contribution in [1.29, 1.82) is 0 Å². The number of hydrazone groups is 1. The van der Waals surface area contributed by atoms with Crippen LogP contribution in [0.2, 0.25) is 0 Å². The van der Waals surface area contributed by atoms with Gasteiger partial charge < -0.3 is 0 Å². The Morgan fingerprint density at radius 2 is 1.92 bits per heavy atom. The van der Waals surface area contributed by atoms with Crippen molar-refractivity contribution in [3.05, 3.63) is 0 Å². The molecule has 0 aliphatic heterocycles. The molecule has 0 aromatic carbocycles. The van der Waals surface area contributed by atoms with Crippen LogP contribution in [0.5, 0.6) is 0 Å². The van der Waals surface area contributed by atoms with Crippen LogP contribution in [-0.2, 0) is 4.79 Å². The average Bonchev–Trinajstić information content (AvgIpc) is 2.09. The summed E-state index contributed by atoms with van der Waals surface area (Å²) in [5.41, 5.74) is 3.44. The van der Waals surface area contributed by atoms with Gasteiger partial charge in [-0.05, 0) is 19.8 Å². The number of hydrogen-bond acceptors (Lipinski definition) is 2. The zero-order chi connectivity index (χ0) is 10.1. The van der Waals surface area contributed by atoms with E-state index < -0.39 is 0 Å². The van der Waals surface area contributed by atoms with Gasteiger partial charge in [-0.3, -0.25) is 4.79 Å². The molecule has 0 saturated carbocycles. The Balaban J connectivity index is 3.43. The zero-order valence-electron chi connectivity index (χ0n) is 8.89. The second kappa shape index (κ2) is 7.77. The Morgan fingerprint density at radius 1 is 1.23 bits per heavy atom. The third-order valence-electron chi connectivity index (χ3n) is 1.80. The van der Waals surface area contributed by atoms with E-state index in [0.29, 0.717) is 0 Å². The van der Waals surface area contributed by atoms with Crippen molar-refractivity contribution in [1.82, 2.24) is 5.43 Å². The molecular weight excluding hydrogens is 164 g/mol. The Kier molecular flexibility index (Phi) is 7.26. The van der Waals surface area contributed by atoms with Gasteiger partial charge in [-0.15, -0.1) is 0 Å². The number of nitrogens with one attached hydrogen (secondary N) is 1. The lowest BCUT2D eigenvalue weighted by Gasteiger charge is -2.00. The molecule has 0 aliphatic rings. The minimum atomic E-state index is -0.104. The normalized spacial score (nSPS) is 11.5. The van der Waals surface area contributed by atoms with E-state index in [2.05, 4.69) is 17.5 Å². The lowest BCUT2D eigenvalue weighted by molar-refractivity contribution is -0.118. The van der Waals surface area contributed by atoms with E-state index in [1.807, 2.05) is 6.92 Å². The number of unbranched alkanes of at least 4 members (excludes halogenated alkanes) is 3. The number of carbonyl (C=O) groups excluding carboxylic acids is 1. The van der Waals surface area contributed by atoms with Crippen molar-refractivity contribution < 1.29 is 4.79 Å². The molecule has 0 aliphatic carbocycles. The Hall–Kier alpha value is -0.860. The molecule has 0 atom stereocenters. The number of nitrogens with zero attached hydrogens (tertiary/aromatic N) is 1. The summed E-state index contributed by atoms with van der Waals surface area (Å²) in [6.45, 7) is 5.61. The first-order valence-electron chi connectivity index (χ1n) is 4.96. The molecule has 1 amide bonds. The van der Waals surface area contributed by atoms with Gasteiger partial charge in [-0.1, -0.05) is 26.2 Å². The van der Waals surface area contributed by atoms with Gasteiger partial charge in [0.15, 0.2) is 0 Å². The second-order valence-corrected chi connectivity index (χ2v) is 3.33. The first-order valence-corrected chi connectivity index (χ1v) is 4.96. The molecule has 76 valence electrons. The third-order valence-corrected chi connectivity index (χ3v) is 1.80. The standard InChI is InChI=1S/C10H20N2O/c1-4-5-6-7-8-9(2)11-12-10(3)13/h4-8H2,1-3H3,(H,12,13)/b11-9-. The highest BCUT2D eigenvalue weighted by atomic mass is 16.2. The minimum Gasteiger partial charge on any atom is -0.274 e. The number of carbonyl (C=O) groups is 1. The fourth-order valence-electron chi connectivity index (χ4n) is 1.04. The molecule has 0 aromatic rings. The van der Waals surface area contributed by atoms with Crippen LogP contribution in [0.3, 0.4) is 0 Å². The van der Waals surface area contributed by atoms with Crippen LogP contribution < -0.4 is 5.43 Å². The van der Waals surface area contributed by atoms with Crippen LogP contribution in [0.15, 0.2) is 5.10 Å². The highest BCUT2D eigenvalue weighted by Gasteiger charge is 1.93. The highest BCUT2D eigenvalue weighted by Crippen LogP contribution is 2.02. The largest absolute Gasteiger partial charge is 0.274 e. The maximum atomic E-state index is 10.5. The minimum absolute atomic E-state index is 0.104. The first-order chi connectivity index (χ1) is 6.16. The molecule has 3 nitrogen and oxygen atoms in total. The SMILES string of the molecule is CCCCCC/C(C)=N\NC(C)=O. The number of amides is 1. The van der Waals surface area contributed by atoms with Crippen LogP contribution in [0.4, 0.5) is 0 Å². The van der Waals surface area contributed by atoms with Crippen LogP contribution >= 0.6 is 0 Å². The van der Waals surface area contributed by atoms with Crippen molar-refractivity contribution in [3.63, 3.8) is 0 Å². The van der Waals surface area contributed by atoms with Crippen LogP contribution in [0.1, 0.15) is 52.9 Å². The first kappa shape index (κ1) is 12.1. The predicted octanol–water partition coefficient (Wildman–Crippen LogP) is 2.47. The molecule has 3 heteroatoms. The van der Waals surface area contributed by atoms with E-state index in [-0.39, 0.29) is 5.91 Å². The molecule has 0 bridgehead atoms. The van der Waals surface area contributed by atoms with Gasteiger partial charge in [0.25, 0.3) is 0 Å². The van der Waals surface area contributed by atoms with E-state index in [1.54, 1.807) is 0 Å². The topological polar surface area (TPSA) is 41.5 Å². The molecule has 0 fully saturated rings. The van der Waals surface area contributed by atoms with Gasteiger partial charge in [-0.25, -0.2) is 5.43 Å². The van der Waals surface area contributed by atoms with Crippen molar-refractivity contribution in [2.45, 2.75) is 52.9 Å².